The van der Waals surface area contributed by atoms with E-state index in [1.807, 2.05) is 0 Å². The third-order valence-corrected chi connectivity index (χ3v) is 4.64. The topological polar surface area (TPSA) is 127 Å². The number of alkyl halides is 3. The zero-order valence-corrected chi connectivity index (χ0v) is 16.7. The number of anilines is 3. The fraction of sp³-hybridized carbons (Fsp3) is 0.200. The summed E-state index contributed by atoms with van der Waals surface area (Å²) < 4.78 is 53.3. The fourth-order valence-corrected chi connectivity index (χ4v) is 3.09. The lowest BCUT2D eigenvalue weighted by Crippen LogP contribution is -2.46. The average molecular weight is 450 g/mol. The van der Waals surface area contributed by atoms with Crippen molar-refractivity contribution in [2.45, 2.75) is 18.6 Å². The first kappa shape index (κ1) is 22.7. The molecule has 3 rings (SSSR count). The number of nitrogens with one attached hydrogen (secondary N) is 1. The smallest absolute Gasteiger partial charge is 0.368 e. The van der Waals surface area contributed by atoms with Crippen LogP contribution in [0.5, 0.6) is 0 Å². The molecular weight excluding hydrogens is 432 g/mol. The molecule has 12 heteroatoms. The summed E-state index contributed by atoms with van der Waals surface area (Å²) in [5.74, 6) is -4.31. The van der Waals surface area contributed by atoms with Crippen molar-refractivity contribution in [3.05, 3.63) is 54.0 Å². The Hall–Kier alpha value is -3.96. The number of amides is 2. The van der Waals surface area contributed by atoms with Gasteiger partial charge in [0.15, 0.2) is 11.6 Å². The van der Waals surface area contributed by atoms with Crippen molar-refractivity contribution in [2.24, 2.45) is 11.5 Å². The van der Waals surface area contributed by atoms with Gasteiger partial charge >= 0.3 is 6.18 Å². The summed E-state index contributed by atoms with van der Waals surface area (Å²) in [5, 5.41) is 3.56. The highest BCUT2D eigenvalue weighted by Crippen LogP contribution is 2.30. The number of hydrogen-bond donors (Lipinski definition) is 3. The fourth-order valence-electron chi connectivity index (χ4n) is 3.09. The second-order valence-corrected chi connectivity index (χ2v) is 6.94. The summed E-state index contributed by atoms with van der Waals surface area (Å²) >= 11 is 0. The van der Waals surface area contributed by atoms with Crippen LogP contribution < -0.4 is 21.7 Å². The van der Waals surface area contributed by atoms with Gasteiger partial charge in [0.1, 0.15) is 11.9 Å². The van der Waals surface area contributed by atoms with E-state index < -0.39 is 42.1 Å². The van der Waals surface area contributed by atoms with Crippen LogP contribution in [0.15, 0.2) is 42.6 Å². The Labute approximate surface area is 179 Å². The standard InChI is InChI=1S/C20H18F4N6O2/c1-30(15(17(26)32)9-20(22,23)24)19-13(21)8-12(16(25)31)18(29-19)28-11-4-5-14-10(7-11)3-2-6-27-14/h2-8,15H,9H2,1H3,(H2,25,31)(H2,26,32)(H,28,29). The maximum absolute atomic E-state index is 14.7. The highest BCUT2D eigenvalue weighted by molar-refractivity contribution is 5.99. The number of aromatic nitrogens is 2. The molecule has 0 spiro atoms. The largest absolute Gasteiger partial charge is 0.391 e. The van der Waals surface area contributed by atoms with Gasteiger partial charge in [0.2, 0.25) is 5.91 Å². The molecule has 168 valence electrons. The molecule has 0 fully saturated rings. The zero-order chi connectivity index (χ0) is 23.6. The molecule has 0 radical (unpaired) electrons. The predicted molar refractivity (Wildman–Crippen MR) is 110 cm³/mol. The molecule has 0 saturated heterocycles. The van der Waals surface area contributed by atoms with E-state index in [1.165, 1.54) is 0 Å². The van der Waals surface area contributed by atoms with Gasteiger partial charge in [-0.1, -0.05) is 6.07 Å². The van der Waals surface area contributed by atoms with Crippen LogP contribution in [0.2, 0.25) is 0 Å². The van der Waals surface area contributed by atoms with E-state index in [0.717, 1.165) is 18.5 Å². The molecule has 1 unspecified atom stereocenters. The van der Waals surface area contributed by atoms with Gasteiger partial charge in [-0.15, -0.1) is 0 Å². The van der Waals surface area contributed by atoms with Crippen LogP contribution in [0.25, 0.3) is 10.9 Å². The minimum Gasteiger partial charge on any atom is -0.368 e. The summed E-state index contributed by atoms with van der Waals surface area (Å²) in [6.45, 7) is 0. The molecule has 0 aliphatic carbocycles. The number of benzene rings is 1. The number of carbonyl (C=O) groups is 2. The molecule has 3 aromatic rings. The maximum atomic E-state index is 14.7. The molecule has 8 nitrogen and oxygen atoms in total. The van der Waals surface area contributed by atoms with Crippen LogP contribution in [-0.4, -0.2) is 41.0 Å². The van der Waals surface area contributed by atoms with E-state index in [2.05, 4.69) is 15.3 Å². The van der Waals surface area contributed by atoms with Crippen LogP contribution in [0.1, 0.15) is 16.8 Å². The minimum atomic E-state index is -4.74. The van der Waals surface area contributed by atoms with Gasteiger partial charge < -0.3 is 21.7 Å². The normalized spacial score (nSPS) is 12.4. The van der Waals surface area contributed by atoms with Crippen molar-refractivity contribution in [3.63, 3.8) is 0 Å². The van der Waals surface area contributed by atoms with Gasteiger partial charge in [0.25, 0.3) is 5.91 Å². The second kappa shape index (κ2) is 8.65. The second-order valence-electron chi connectivity index (χ2n) is 6.94. The monoisotopic (exact) mass is 450 g/mol. The van der Waals surface area contributed by atoms with Crippen LogP contribution in [0.4, 0.5) is 34.9 Å². The first-order chi connectivity index (χ1) is 15.0. The molecule has 2 heterocycles. The lowest BCUT2D eigenvalue weighted by Gasteiger charge is -2.28. The summed E-state index contributed by atoms with van der Waals surface area (Å²) in [6.07, 6.45) is -4.74. The van der Waals surface area contributed by atoms with Crippen molar-refractivity contribution >= 4 is 40.0 Å². The third kappa shape index (κ3) is 5.02. The molecule has 1 aromatic carbocycles. The SMILES string of the molecule is CN(c1nc(Nc2ccc3ncccc3c2)c(C(N)=O)cc1F)C(CC(F)(F)F)C(N)=O. The summed E-state index contributed by atoms with van der Waals surface area (Å²) in [6, 6.07) is 7.30. The van der Waals surface area contributed by atoms with Crippen molar-refractivity contribution in [1.82, 2.24) is 9.97 Å². The Bertz CT molecular complexity index is 1180. The van der Waals surface area contributed by atoms with Gasteiger partial charge in [-0.3, -0.25) is 14.6 Å². The van der Waals surface area contributed by atoms with Crippen LogP contribution >= 0.6 is 0 Å². The van der Waals surface area contributed by atoms with Gasteiger partial charge in [0.05, 0.1) is 17.5 Å². The van der Waals surface area contributed by atoms with E-state index in [9.17, 15) is 27.2 Å². The first-order valence-corrected chi connectivity index (χ1v) is 9.17. The van der Waals surface area contributed by atoms with Gasteiger partial charge in [-0.2, -0.15) is 13.2 Å². The zero-order valence-electron chi connectivity index (χ0n) is 16.7. The molecule has 0 aliphatic rings. The predicted octanol–water partition coefficient (Wildman–Crippen LogP) is 2.85. The molecule has 0 saturated carbocycles. The number of hydrogen-bond acceptors (Lipinski definition) is 6. The van der Waals surface area contributed by atoms with Crippen LogP contribution in [0.3, 0.4) is 0 Å². The van der Waals surface area contributed by atoms with Crippen molar-refractivity contribution in [2.75, 3.05) is 17.3 Å². The Balaban J connectivity index is 2.04. The number of fused-ring (bicyclic) bond motifs is 1. The average Bonchev–Trinajstić information content (AvgIpc) is 2.71. The van der Waals surface area contributed by atoms with Gasteiger partial charge in [0, 0.05) is 24.3 Å². The van der Waals surface area contributed by atoms with Crippen LogP contribution in [-0.2, 0) is 4.79 Å². The quantitative estimate of drug-likeness (QED) is 0.475. The number of pyridine rings is 2. The Morgan fingerprint density at radius 3 is 2.53 bits per heavy atom. The van der Waals surface area contributed by atoms with E-state index in [4.69, 9.17) is 11.5 Å². The minimum absolute atomic E-state index is 0.209. The molecule has 5 N–H and O–H groups in total. The highest BCUT2D eigenvalue weighted by Gasteiger charge is 2.38. The number of likely N-dealkylation sites (N-methyl/N-ethyl adjacent to an activating group) is 1. The van der Waals surface area contributed by atoms with Gasteiger partial charge in [-0.05, 0) is 30.3 Å². The lowest BCUT2D eigenvalue weighted by molar-refractivity contribution is -0.146. The van der Waals surface area contributed by atoms with E-state index >= 15 is 0 Å². The summed E-state index contributed by atoms with van der Waals surface area (Å²) in [7, 11) is 1.04. The number of carbonyl (C=O) groups excluding carboxylic acids is 2. The molecule has 1 atom stereocenters. The van der Waals surface area contributed by atoms with E-state index in [0.29, 0.717) is 16.1 Å². The maximum Gasteiger partial charge on any atom is 0.391 e. The molecular formula is C20H18F4N6O2. The Morgan fingerprint density at radius 2 is 1.91 bits per heavy atom. The molecule has 0 bridgehead atoms. The number of halogens is 4. The number of primary amides is 2. The molecule has 32 heavy (non-hydrogen) atoms. The molecule has 2 amide bonds. The number of rotatable bonds is 7. The molecule has 0 aliphatic heterocycles. The summed E-state index contributed by atoms with van der Waals surface area (Å²) in [5.41, 5.74) is 11.2. The highest BCUT2D eigenvalue weighted by atomic mass is 19.4. The van der Waals surface area contributed by atoms with Crippen LogP contribution in [0, 0.1) is 5.82 Å². The number of nitrogens with zero attached hydrogens (tertiary/aromatic N) is 3. The number of nitrogens with two attached hydrogens (primary N) is 2. The lowest BCUT2D eigenvalue weighted by atomic mass is 10.1. The first-order valence-electron chi connectivity index (χ1n) is 9.17. The Morgan fingerprint density at radius 1 is 1.19 bits per heavy atom. The third-order valence-electron chi connectivity index (χ3n) is 4.64. The van der Waals surface area contributed by atoms with Gasteiger partial charge in [-0.25, -0.2) is 9.37 Å². The molecule has 2 aromatic heterocycles. The van der Waals surface area contributed by atoms with E-state index in [-0.39, 0.29) is 11.4 Å². The Kier molecular flexibility index (Phi) is 6.14. The van der Waals surface area contributed by atoms with Crippen molar-refractivity contribution in [3.8, 4) is 0 Å². The van der Waals surface area contributed by atoms with Crippen molar-refractivity contribution in [1.29, 1.82) is 0 Å². The van der Waals surface area contributed by atoms with Crippen molar-refractivity contribution < 1.29 is 27.2 Å². The van der Waals surface area contributed by atoms with E-state index in [1.54, 1.807) is 36.5 Å². The summed E-state index contributed by atoms with van der Waals surface area (Å²) in [4.78, 5) is 32.2.